The standard InChI is InChI=1S/C12H18Cl2N2/c1-8(7-15)5-12(16-2)9-3-4-10(13)11(14)6-9/h3-4,6,8,12,16H,5,7,15H2,1-2H3. The molecule has 0 spiro atoms. The molecular formula is C12H18Cl2N2. The summed E-state index contributed by atoms with van der Waals surface area (Å²) in [6.45, 7) is 2.83. The van der Waals surface area contributed by atoms with Gasteiger partial charge in [0.1, 0.15) is 0 Å². The van der Waals surface area contributed by atoms with Crippen LogP contribution in [0.1, 0.15) is 24.9 Å². The van der Waals surface area contributed by atoms with E-state index >= 15 is 0 Å². The second kappa shape index (κ2) is 6.45. The van der Waals surface area contributed by atoms with Crippen LogP contribution < -0.4 is 11.1 Å². The maximum Gasteiger partial charge on any atom is 0.0595 e. The Bertz CT molecular complexity index is 342. The molecule has 0 saturated heterocycles. The fraction of sp³-hybridized carbons (Fsp3) is 0.500. The molecule has 3 N–H and O–H groups in total. The minimum Gasteiger partial charge on any atom is -0.330 e. The van der Waals surface area contributed by atoms with Gasteiger partial charge in [-0.3, -0.25) is 0 Å². The van der Waals surface area contributed by atoms with Crippen molar-refractivity contribution in [2.45, 2.75) is 19.4 Å². The van der Waals surface area contributed by atoms with Gasteiger partial charge < -0.3 is 11.1 Å². The number of nitrogens with two attached hydrogens (primary N) is 1. The maximum atomic E-state index is 6.00. The molecule has 0 heterocycles. The molecule has 1 aromatic carbocycles. The number of nitrogens with one attached hydrogen (secondary N) is 1. The van der Waals surface area contributed by atoms with E-state index in [1.54, 1.807) is 0 Å². The van der Waals surface area contributed by atoms with Crippen LogP contribution in [0.2, 0.25) is 10.0 Å². The predicted octanol–water partition coefficient (Wildman–Crippen LogP) is 3.24. The molecule has 4 heteroatoms. The van der Waals surface area contributed by atoms with Crippen molar-refractivity contribution < 1.29 is 0 Å². The lowest BCUT2D eigenvalue weighted by molar-refractivity contribution is 0.438. The lowest BCUT2D eigenvalue weighted by Gasteiger charge is -2.20. The third kappa shape index (κ3) is 3.63. The van der Waals surface area contributed by atoms with E-state index in [-0.39, 0.29) is 6.04 Å². The van der Waals surface area contributed by atoms with Gasteiger partial charge in [-0.25, -0.2) is 0 Å². The van der Waals surface area contributed by atoms with Crippen LogP contribution in [0.5, 0.6) is 0 Å². The van der Waals surface area contributed by atoms with E-state index in [0.29, 0.717) is 22.5 Å². The summed E-state index contributed by atoms with van der Waals surface area (Å²) in [7, 11) is 1.94. The minimum absolute atomic E-state index is 0.272. The van der Waals surface area contributed by atoms with E-state index in [1.165, 1.54) is 0 Å². The van der Waals surface area contributed by atoms with Crippen LogP contribution >= 0.6 is 23.2 Å². The Kier molecular flexibility index (Phi) is 5.56. The molecular weight excluding hydrogens is 243 g/mol. The lowest BCUT2D eigenvalue weighted by atomic mass is 9.96. The van der Waals surface area contributed by atoms with E-state index < -0.39 is 0 Å². The van der Waals surface area contributed by atoms with E-state index in [9.17, 15) is 0 Å². The summed E-state index contributed by atoms with van der Waals surface area (Å²) in [5.41, 5.74) is 6.78. The van der Waals surface area contributed by atoms with E-state index in [0.717, 1.165) is 12.0 Å². The molecule has 0 aliphatic heterocycles. The van der Waals surface area contributed by atoms with Gasteiger partial charge in [0.05, 0.1) is 10.0 Å². The molecule has 0 bridgehead atoms. The lowest BCUT2D eigenvalue weighted by Crippen LogP contribution is -2.22. The normalized spacial score (nSPS) is 14.8. The third-order valence-electron chi connectivity index (χ3n) is 2.73. The van der Waals surface area contributed by atoms with Crippen molar-refractivity contribution in [3.8, 4) is 0 Å². The van der Waals surface area contributed by atoms with Gasteiger partial charge >= 0.3 is 0 Å². The summed E-state index contributed by atoms with van der Waals surface area (Å²) >= 11 is 11.9. The van der Waals surface area contributed by atoms with Crippen molar-refractivity contribution in [2.24, 2.45) is 11.7 Å². The van der Waals surface area contributed by atoms with Crippen LogP contribution in [0.25, 0.3) is 0 Å². The van der Waals surface area contributed by atoms with Crippen LogP contribution in [-0.2, 0) is 0 Å². The van der Waals surface area contributed by atoms with E-state index in [2.05, 4.69) is 12.2 Å². The number of halogens is 2. The second-order valence-corrected chi connectivity index (χ2v) is 4.91. The average molecular weight is 261 g/mol. The molecule has 1 rings (SSSR count). The SMILES string of the molecule is CNC(CC(C)CN)c1ccc(Cl)c(Cl)c1. The zero-order valence-corrected chi connectivity index (χ0v) is 11.1. The van der Waals surface area contributed by atoms with Gasteiger partial charge in [-0.05, 0) is 43.6 Å². The molecule has 16 heavy (non-hydrogen) atoms. The molecule has 0 aliphatic rings. The van der Waals surface area contributed by atoms with Gasteiger partial charge in [0.2, 0.25) is 0 Å². The average Bonchev–Trinajstić information content (AvgIpc) is 2.29. The molecule has 90 valence electrons. The number of hydrogen-bond acceptors (Lipinski definition) is 2. The summed E-state index contributed by atoms with van der Waals surface area (Å²) in [4.78, 5) is 0. The van der Waals surface area contributed by atoms with Gasteiger partial charge in [0.15, 0.2) is 0 Å². The summed E-state index contributed by atoms with van der Waals surface area (Å²) < 4.78 is 0. The quantitative estimate of drug-likeness (QED) is 0.853. The van der Waals surface area contributed by atoms with Crippen molar-refractivity contribution in [3.63, 3.8) is 0 Å². The first-order chi connectivity index (χ1) is 7.58. The van der Waals surface area contributed by atoms with Crippen LogP contribution in [-0.4, -0.2) is 13.6 Å². The fourth-order valence-corrected chi connectivity index (χ4v) is 1.95. The van der Waals surface area contributed by atoms with Gasteiger partial charge in [-0.2, -0.15) is 0 Å². The number of rotatable bonds is 5. The maximum absolute atomic E-state index is 6.00. The van der Waals surface area contributed by atoms with Crippen LogP contribution in [0.4, 0.5) is 0 Å². The molecule has 1 aromatic rings. The summed E-state index contributed by atoms with van der Waals surface area (Å²) in [5.74, 6) is 0.479. The Labute approximate surface area is 107 Å². The zero-order valence-electron chi connectivity index (χ0n) is 9.63. The topological polar surface area (TPSA) is 38.0 Å². The second-order valence-electron chi connectivity index (χ2n) is 4.09. The molecule has 0 radical (unpaired) electrons. The Morgan fingerprint density at radius 2 is 2.00 bits per heavy atom. The van der Waals surface area contributed by atoms with E-state index in [1.807, 2.05) is 25.2 Å². The molecule has 0 aromatic heterocycles. The molecule has 2 unspecified atom stereocenters. The molecule has 0 amide bonds. The molecule has 2 atom stereocenters. The molecule has 0 aliphatic carbocycles. The highest BCUT2D eigenvalue weighted by Gasteiger charge is 2.13. The monoisotopic (exact) mass is 260 g/mol. The highest BCUT2D eigenvalue weighted by Crippen LogP contribution is 2.28. The Balaban J connectivity index is 2.82. The van der Waals surface area contributed by atoms with Gasteiger partial charge in [0, 0.05) is 6.04 Å². The highest BCUT2D eigenvalue weighted by atomic mass is 35.5. The van der Waals surface area contributed by atoms with Crippen molar-refractivity contribution in [2.75, 3.05) is 13.6 Å². The van der Waals surface area contributed by atoms with E-state index in [4.69, 9.17) is 28.9 Å². The first-order valence-electron chi connectivity index (χ1n) is 5.40. The Morgan fingerprint density at radius 1 is 1.31 bits per heavy atom. The third-order valence-corrected chi connectivity index (χ3v) is 3.47. The van der Waals surface area contributed by atoms with Crippen molar-refractivity contribution in [3.05, 3.63) is 33.8 Å². The number of hydrogen-bond donors (Lipinski definition) is 2. The fourth-order valence-electron chi connectivity index (χ4n) is 1.65. The van der Waals surface area contributed by atoms with Crippen molar-refractivity contribution in [1.82, 2.24) is 5.32 Å². The van der Waals surface area contributed by atoms with Gasteiger partial charge in [-0.1, -0.05) is 36.2 Å². The predicted molar refractivity (Wildman–Crippen MR) is 71.1 cm³/mol. The number of benzene rings is 1. The zero-order chi connectivity index (χ0) is 12.1. The smallest absolute Gasteiger partial charge is 0.0595 e. The molecule has 0 fully saturated rings. The highest BCUT2D eigenvalue weighted by molar-refractivity contribution is 6.42. The van der Waals surface area contributed by atoms with Crippen molar-refractivity contribution >= 4 is 23.2 Å². The van der Waals surface area contributed by atoms with Crippen molar-refractivity contribution in [1.29, 1.82) is 0 Å². The first kappa shape index (κ1) is 13.8. The van der Waals surface area contributed by atoms with Crippen LogP contribution in [0, 0.1) is 5.92 Å². The Hall–Kier alpha value is -0.280. The molecule has 2 nitrogen and oxygen atoms in total. The molecule has 0 saturated carbocycles. The minimum atomic E-state index is 0.272. The van der Waals surface area contributed by atoms with Gasteiger partial charge in [-0.15, -0.1) is 0 Å². The summed E-state index contributed by atoms with van der Waals surface area (Å²) in [6, 6.07) is 6.01. The Morgan fingerprint density at radius 3 is 2.50 bits per heavy atom. The van der Waals surface area contributed by atoms with Crippen LogP contribution in [0.3, 0.4) is 0 Å². The first-order valence-corrected chi connectivity index (χ1v) is 6.16. The summed E-state index contributed by atoms with van der Waals surface area (Å²) in [6.07, 6.45) is 0.991. The largest absolute Gasteiger partial charge is 0.330 e. The summed E-state index contributed by atoms with van der Waals surface area (Å²) in [5, 5.41) is 4.46. The van der Waals surface area contributed by atoms with Crippen LogP contribution in [0.15, 0.2) is 18.2 Å². The van der Waals surface area contributed by atoms with Gasteiger partial charge in [0.25, 0.3) is 0 Å².